The van der Waals surface area contributed by atoms with Crippen molar-refractivity contribution >= 4 is 34.8 Å². The van der Waals surface area contributed by atoms with Gasteiger partial charge in [0.2, 0.25) is 0 Å². The Morgan fingerprint density at radius 3 is 2.26 bits per heavy atom. The number of carbonyl (C=O) groups is 2. The Morgan fingerprint density at radius 2 is 1.63 bits per heavy atom. The Labute approximate surface area is 165 Å². The Morgan fingerprint density at radius 1 is 0.963 bits per heavy atom. The number of hydrazine groups is 1. The second-order valence-electron chi connectivity index (χ2n) is 5.78. The fraction of sp³-hybridized carbons (Fsp3) is 0.100. The second kappa shape index (κ2) is 8.70. The number of ether oxygens (including phenoxy) is 1. The summed E-state index contributed by atoms with van der Waals surface area (Å²) in [6, 6.07) is 15.9. The lowest BCUT2D eigenvalue weighted by Gasteiger charge is -2.09. The number of thiophene rings is 1. The van der Waals surface area contributed by atoms with Crippen molar-refractivity contribution in [2.75, 3.05) is 0 Å². The van der Waals surface area contributed by atoms with Gasteiger partial charge in [0.05, 0.1) is 4.88 Å². The third-order valence-electron chi connectivity index (χ3n) is 3.79. The van der Waals surface area contributed by atoms with Crippen LogP contribution in [0.1, 0.15) is 31.2 Å². The van der Waals surface area contributed by atoms with Crippen LogP contribution in [0.2, 0.25) is 5.02 Å². The molecule has 2 aromatic carbocycles. The molecule has 7 heteroatoms. The van der Waals surface area contributed by atoms with Crippen LogP contribution in [-0.4, -0.2) is 11.8 Å². The van der Waals surface area contributed by atoms with Crippen molar-refractivity contribution in [2.24, 2.45) is 0 Å². The van der Waals surface area contributed by atoms with E-state index in [-0.39, 0.29) is 11.8 Å². The van der Waals surface area contributed by atoms with Gasteiger partial charge in [-0.15, -0.1) is 11.3 Å². The molecule has 5 nitrogen and oxygen atoms in total. The van der Waals surface area contributed by atoms with Gasteiger partial charge in [0, 0.05) is 10.6 Å². The molecule has 3 rings (SSSR count). The molecule has 0 aliphatic carbocycles. The van der Waals surface area contributed by atoms with Gasteiger partial charge in [0.25, 0.3) is 11.8 Å². The van der Waals surface area contributed by atoms with Gasteiger partial charge < -0.3 is 4.74 Å². The molecular weight excluding hydrogens is 384 g/mol. The average Bonchev–Trinajstić information content (AvgIpc) is 3.12. The molecule has 27 heavy (non-hydrogen) atoms. The van der Waals surface area contributed by atoms with Crippen molar-refractivity contribution in [2.45, 2.75) is 13.5 Å². The van der Waals surface area contributed by atoms with Crippen LogP contribution < -0.4 is 15.6 Å². The van der Waals surface area contributed by atoms with E-state index in [1.807, 2.05) is 18.4 Å². The molecule has 0 aliphatic rings. The van der Waals surface area contributed by atoms with Crippen LogP contribution in [0.4, 0.5) is 0 Å². The molecule has 0 aliphatic heterocycles. The summed E-state index contributed by atoms with van der Waals surface area (Å²) in [5.74, 6) is -0.000587. The van der Waals surface area contributed by atoms with E-state index in [1.165, 1.54) is 11.3 Å². The minimum Gasteiger partial charge on any atom is -0.489 e. The van der Waals surface area contributed by atoms with E-state index >= 15 is 0 Å². The van der Waals surface area contributed by atoms with E-state index in [0.717, 1.165) is 11.1 Å². The Balaban J connectivity index is 1.51. The minimum absolute atomic E-state index is 0.330. The third-order valence-corrected chi connectivity index (χ3v) is 5.06. The zero-order valence-electron chi connectivity index (χ0n) is 14.5. The van der Waals surface area contributed by atoms with Crippen molar-refractivity contribution in [3.05, 3.63) is 86.6 Å². The van der Waals surface area contributed by atoms with Gasteiger partial charge in [0.15, 0.2) is 0 Å². The van der Waals surface area contributed by atoms with Crippen molar-refractivity contribution in [3.63, 3.8) is 0 Å². The van der Waals surface area contributed by atoms with Gasteiger partial charge in [-0.2, -0.15) is 0 Å². The van der Waals surface area contributed by atoms with E-state index in [4.69, 9.17) is 16.3 Å². The number of hydrogen-bond acceptors (Lipinski definition) is 4. The molecule has 3 aromatic rings. The van der Waals surface area contributed by atoms with Crippen LogP contribution in [0.25, 0.3) is 0 Å². The third kappa shape index (κ3) is 5.09. The van der Waals surface area contributed by atoms with E-state index in [1.54, 1.807) is 48.5 Å². The van der Waals surface area contributed by atoms with Crippen molar-refractivity contribution in [1.82, 2.24) is 10.9 Å². The highest BCUT2D eigenvalue weighted by Gasteiger charge is 2.12. The van der Waals surface area contributed by atoms with Crippen LogP contribution in [0.3, 0.4) is 0 Å². The molecule has 1 aromatic heterocycles. The number of aryl methyl sites for hydroxylation is 1. The first-order chi connectivity index (χ1) is 13.0. The zero-order valence-corrected chi connectivity index (χ0v) is 16.1. The topological polar surface area (TPSA) is 67.4 Å². The van der Waals surface area contributed by atoms with E-state index in [9.17, 15) is 9.59 Å². The molecule has 138 valence electrons. The lowest BCUT2D eigenvalue weighted by molar-refractivity contribution is 0.0848. The number of halogens is 1. The van der Waals surface area contributed by atoms with Crippen molar-refractivity contribution < 1.29 is 14.3 Å². The number of carbonyl (C=O) groups excluding carboxylic acids is 2. The molecule has 2 N–H and O–H groups in total. The maximum atomic E-state index is 12.2. The monoisotopic (exact) mass is 400 g/mol. The number of benzene rings is 2. The Hall–Kier alpha value is -2.83. The zero-order chi connectivity index (χ0) is 19.2. The average molecular weight is 401 g/mol. The fourth-order valence-corrected chi connectivity index (χ4v) is 3.24. The lowest BCUT2D eigenvalue weighted by Crippen LogP contribution is -2.41. The highest BCUT2D eigenvalue weighted by atomic mass is 35.5. The summed E-state index contributed by atoms with van der Waals surface area (Å²) in [6.45, 7) is 2.22. The van der Waals surface area contributed by atoms with Crippen molar-refractivity contribution in [3.8, 4) is 5.75 Å². The largest absolute Gasteiger partial charge is 0.489 e. The van der Waals surface area contributed by atoms with Crippen LogP contribution in [0.15, 0.2) is 60.0 Å². The first kappa shape index (κ1) is 18.9. The van der Waals surface area contributed by atoms with E-state index in [2.05, 4.69) is 10.9 Å². The summed E-state index contributed by atoms with van der Waals surface area (Å²) >= 11 is 7.17. The van der Waals surface area contributed by atoms with Gasteiger partial charge >= 0.3 is 0 Å². The van der Waals surface area contributed by atoms with Gasteiger partial charge in [-0.3, -0.25) is 20.4 Å². The summed E-state index contributed by atoms with van der Waals surface area (Å²) in [6.07, 6.45) is 0. The van der Waals surface area contributed by atoms with Gasteiger partial charge in [0.1, 0.15) is 12.4 Å². The van der Waals surface area contributed by atoms with Crippen LogP contribution in [0.5, 0.6) is 5.75 Å². The Bertz CT molecular complexity index is 937. The number of amides is 2. The smallest absolute Gasteiger partial charge is 0.280 e. The van der Waals surface area contributed by atoms with Crippen LogP contribution in [0, 0.1) is 6.92 Å². The summed E-state index contributed by atoms with van der Waals surface area (Å²) in [4.78, 5) is 24.8. The second-order valence-corrected chi connectivity index (χ2v) is 7.13. The summed E-state index contributed by atoms with van der Waals surface area (Å²) in [5.41, 5.74) is 7.07. The molecule has 0 fully saturated rings. The predicted octanol–water partition coefficient (Wildman–Crippen LogP) is 4.36. The molecular formula is C20H17ClN2O3S. The highest BCUT2D eigenvalue weighted by Crippen LogP contribution is 2.17. The molecule has 0 saturated heterocycles. The number of hydrogen-bond donors (Lipinski definition) is 2. The number of nitrogens with one attached hydrogen (secondary N) is 2. The van der Waals surface area contributed by atoms with Gasteiger partial charge in [-0.1, -0.05) is 23.7 Å². The van der Waals surface area contributed by atoms with E-state index < -0.39 is 0 Å². The normalized spacial score (nSPS) is 10.3. The molecule has 0 spiro atoms. The molecule has 0 saturated carbocycles. The van der Waals surface area contributed by atoms with Crippen LogP contribution in [-0.2, 0) is 6.61 Å². The van der Waals surface area contributed by atoms with E-state index in [0.29, 0.717) is 27.8 Å². The minimum atomic E-state index is -0.386. The number of rotatable bonds is 5. The summed E-state index contributed by atoms with van der Waals surface area (Å²) in [7, 11) is 0. The maximum absolute atomic E-state index is 12.2. The quantitative estimate of drug-likeness (QED) is 0.625. The molecule has 1 heterocycles. The predicted molar refractivity (Wildman–Crippen MR) is 106 cm³/mol. The maximum Gasteiger partial charge on any atom is 0.280 e. The summed E-state index contributed by atoms with van der Waals surface area (Å²) < 4.78 is 5.66. The molecule has 0 radical (unpaired) electrons. The highest BCUT2D eigenvalue weighted by molar-refractivity contribution is 7.12. The van der Waals surface area contributed by atoms with Crippen LogP contribution >= 0.6 is 22.9 Å². The van der Waals surface area contributed by atoms with Gasteiger partial charge in [-0.05, 0) is 65.9 Å². The Kier molecular flexibility index (Phi) is 6.11. The standard InChI is InChI=1S/C20H17ClN2O3S/c1-13-10-11-27-18(13)20(25)23-22-19(24)15-4-2-14(3-5-15)12-26-17-8-6-16(21)7-9-17/h2-11H,12H2,1H3,(H,22,24)(H,23,25). The fourth-order valence-electron chi connectivity index (χ4n) is 2.30. The first-order valence-corrected chi connectivity index (χ1v) is 9.41. The first-order valence-electron chi connectivity index (χ1n) is 8.15. The SMILES string of the molecule is Cc1ccsc1C(=O)NNC(=O)c1ccc(COc2ccc(Cl)cc2)cc1. The van der Waals surface area contributed by atoms with Crippen molar-refractivity contribution in [1.29, 1.82) is 0 Å². The lowest BCUT2D eigenvalue weighted by atomic mass is 10.1. The molecule has 0 atom stereocenters. The molecule has 0 unspecified atom stereocenters. The molecule has 0 bridgehead atoms. The summed E-state index contributed by atoms with van der Waals surface area (Å²) in [5, 5.41) is 2.48. The molecule has 2 amide bonds. The van der Waals surface area contributed by atoms with Gasteiger partial charge in [-0.25, -0.2) is 0 Å².